The van der Waals surface area contributed by atoms with Crippen molar-refractivity contribution in [2.24, 2.45) is 0 Å². The van der Waals surface area contributed by atoms with Crippen molar-refractivity contribution in [3.63, 3.8) is 0 Å². The molecule has 3 rings (SSSR count). The zero-order valence-corrected chi connectivity index (χ0v) is 14.9. The fourth-order valence-electron chi connectivity index (χ4n) is 3.14. The van der Waals surface area contributed by atoms with Gasteiger partial charge < -0.3 is 14.2 Å². The highest BCUT2D eigenvalue weighted by molar-refractivity contribution is 5.97. The van der Waals surface area contributed by atoms with Crippen LogP contribution < -0.4 is 4.74 Å². The highest BCUT2D eigenvalue weighted by atomic mass is 16.5. The van der Waals surface area contributed by atoms with Gasteiger partial charge in [0.2, 0.25) is 0 Å². The molecule has 2 heterocycles. The van der Waals surface area contributed by atoms with Crippen molar-refractivity contribution in [2.45, 2.75) is 26.3 Å². The number of aryl methyl sites for hydroxylation is 1. The monoisotopic (exact) mass is 343 g/mol. The number of rotatable bonds is 5. The maximum absolute atomic E-state index is 12.8. The Hall–Kier alpha value is -2.34. The molecule has 1 aliphatic heterocycles. The van der Waals surface area contributed by atoms with Crippen molar-refractivity contribution in [1.82, 2.24) is 15.0 Å². The van der Waals surface area contributed by atoms with Crippen LogP contribution in [-0.4, -0.2) is 54.2 Å². The van der Waals surface area contributed by atoms with Crippen LogP contribution in [0, 0.1) is 0 Å². The number of hydrogen-bond acceptors (Lipinski definition) is 5. The van der Waals surface area contributed by atoms with Gasteiger partial charge in [-0.2, -0.15) is 0 Å². The average molecular weight is 343 g/mol. The predicted molar refractivity (Wildman–Crippen MR) is 94.7 cm³/mol. The summed E-state index contributed by atoms with van der Waals surface area (Å²) >= 11 is 0. The third-order valence-corrected chi connectivity index (χ3v) is 4.56. The molecule has 0 radical (unpaired) electrons. The molecule has 25 heavy (non-hydrogen) atoms. The number of carbonyl (C=O) groups is 1. The van der Waals surface area contributed by atoms with Gasteiger partial charge >= 0.3 is 0 Å². The van der Waals surface area contributed by atoms with Crippen molar-refractivity contribution in [1.29, 1.82) is 0 Å². The quantitative estimate of drug-likeness (QED) is 0.835. The number of carbonyl (C=O) groups excluding carboxylic acids is 1. The molecule has 1 aromatic carbocycles. The highest BCUT2D eigenvalue weighted by Crippen LogP contribution is 2.20. The standard InChI is InChI=1S/C19H25N3O3/c1-3-15-13-16(25-20-15)14-21-9-6-10-22(12-11-21)19(23)17-7-4-5-8-18(17)24-2/h4-5,7-8,13H,3,6,9-12,14H2,1-2H3. The second-order valence-electron chi connectivity index (χ2n) is 6.26. The second-order valence-corrected chi connectivity index (χ2v) is 6.26. The van der Waals surface area contributed by atoms with Gasteiger partial charge in [-0.15, -0.1) is 0 Å². The summed E-state index contributed by atoms with van der Waals surface area (Å²) in [4.78, 5) is 17.1. The molecule has 6 heteroatoms. The first-order valence-corrected chi connectivity index (χ1v) is 8.80. The lowest BCUT2D eigenvalue weighted by Crippen LogP contribution is -2.35. The van der Waals surface area contributed by atoms with Crippen molar-refractivity contribution >= 4 is 5.91 Å². The first-order valence-electron chi connectivity index (χ1n) is 8.80. The van der Waals surface area contributed by atoms with E-state index in [0.717, 1.165) is 50.5 Å². The number of benzene rings is 1. The van der Waals surface area contributed by atoms with E-state index >= 15 is 0 Å². The van der Waals surface area contributed by atoms with Gasteiger partial charge in [0.05, 0.1) is 24.9 Å². The number of para-hydroxylation sites is 1. The Kier molecular flexibility index (Phi) is 5.71. The van der Waals surface area contributed by atoms with E-state index in [-0.39, 0.29) is 5.91 Å². The maximum atomic E-state index is 12.8. The van der Waals surface area contributed by atoms with Gasteiger partial charge in [-0.05, 0) is 25.0 Å². The molecule has 1 saturated heterocycles. The molecule has 0 spiro atoms. The third-order valence-electron chi connectivity index (χ3n) is 4.56. The lowest BCUT2D eigenvalue weighted by atomic mass is 10.1. The van der Waals surface area contributed by atoms with E-state index in [1.807, 2.05) is 35.2 Å². The fourth-order valence-corrected chi connectivity index (χ4v) is 3.14. The summed E-state index contributed by atoms with van der Waals surface area (Å²) in [7, 11) is 1.60. The van der Waals surface area contributed by atoms with E-state index < -0.39 is 0 Å². The minimum atomic E-state index is 0.0345. The van der Waals surface area contributed by atoms with E-state index in [1.54, 1.807) is 7.11 Å². The molecule has 134 valence electrons. The van der Waals surface area contributed by atoms with Gasteiger partial charge in [0.1, 0.15) is 5.75 Å². The van der Waals surface area contributed by atoms with Gasteiger partial charge in [-0.25, -0.2) is 0 Å². The molecule has 0 bridgehead atoms. The summed E-state index contributed by atoms with van der Waals surface area (Å²) in [6, 6.07) is 9.41. The summed E-state index contributed by atoms with van der Waals surface area (Å²) in [5, 5.41) is 4.05. The summed E-state index contributed by atoms with van der Waals surface area (Å²) in [6.45, 7) is 6.02. The smallest absolute Gasteiger partial charge is 0.257 e. The number of aromatic nitrogens is 1. The lowest BCUT2D eigenvalue weighted by molar-refractivity contribution is 0.0757. The van der Waals surface area contributed by atoms with Crippen LogP contribution in [0.2, 0.25) is 0 Å². The van der Waals surface area contributed by atoms with Gasteiger partial charge in [0.15, 0.2) is 5.76 Å². The Morgan fingerprint density at radius 1 is 1.24 bits per heavy atom. The summed E-state index contributed by atoms with van der Waals surface area (Å²) in [6.07, 6.45) is 1.82. The topological polar surface area (TPSA) is 58.8 Å². The van der Waals surface area contributed by atoms with Crippen LogP contribution in [0.5, 0.6) is 5.75 Å². The van der Waals surface area contributed by atoms with E-state index in [9.17, 15) is 4.79 Å². The van der Waals surface area contributed by atoms with Crippen LogP contribution in [0.15, 0.2) is 34.9 Å². The van der Waals surface area contributed by atoms with Crippen LogP contribution in [0.25, 0.3) is 0 Å². The Labute approximate surface area is 148 Å². The molecule has 1 aliphatic rings. The van der Waals surface area contributed by atoms with E-state index in [0.29, 0.717) is 17.9 Å². The van der Waals surface area contributed by atoms with Crippen LogP contribution >= 0.6 is 0 Å². The third kappa shape index (κ3) is 4.20. The molecule has 6 nitrogen and oxygen atoms in total. The molecule has 1 fully saturated rings. The first kappa shape index (κ1) is 17.5. The normalized spacial score (nSPS) is 15.8. The van der Waals surface area contributed by atoms with Crippen LogP contribution in [-0.2, 0) is 13.0 Å². The highest BCUT2D eigenvalue weighted by Gasteiger charge is 2.23. The lowest BCUT2D eigenvalue weighted by Gasteiger charge is -2.22. The Bertz CT molecular complexity index is 713. The van der Waals surface area contributed by atoms with Crippen molar-refractivity contribution in [3.05, 3.63) is 47.3 Å². The Morgan fingerprint density at radius 2 is 2.08 bits per heavy atom. The van der Waals surface area contributed by atoms with E-state index in [1.165, 1.54) is 0 Å². The molecule has 1 aromatic heterocycles. The molecule has 0 saturated carbocycles. The van der Waals surface area contributed by atoms with Crippen molar-refractivity contribution in [2.75, 3.05) is 33.3 Å². The largest absolute Gasteiger partial charge is 0.496 e. The van der Waals surface area contributed by atoms with E-state index in [2.05, 4.69) is 17.0 Å². The second kappa shape index (κ2) is 8.16. The van der Waals surface area contributed by atoms with E-state index in [4.69, 9.17) is 9.26 Å². The molecule has 1 amide bonds. The maximum Gasteiger partial charge on any atom is 0.257 e. The van der Waals surface area contributed by atoms with Crippen LogP contribution in [0.1, 0.15) is 35.2 Å². The molecular formula is C19H25N3O3. The Balaban J connectivity index is 1.62. The summed E-state index contributed by atoms with van der Waals surface area (Å²) in [5.41, 5.74) is 1.61. The summed E-state index contributed by atoms with van der Waals surface area (Å²) < 4.78 is 10.7. The van der Waals surface area contributed by atoms with Gasteiger partial charge in [-0.1, -0.05) is 24.2 Å². The molecule has 0 aliphatic carbocycles. The summed E-state index contributed by atoms with van der Waals surface area (Å²) in [5.74, 6) is 1.55. The zero-order chi connectivity index (χ0) is 17.6. The molecule has 0 unspecified atom stereocenters. The number of nitrogens with zero attached hydrogens (tertiary/aromatic N) is 3. The van der Waals surface area contributed by atoms with Gasteiger partial charge in [0.25, 0.3) is 5.91 Å². The molecule has 0 N–H and O–H groups in total. The minimum Gasteiger partial charge on any atom is -0.496 e. The number of amides is 1. The first-order chi connectivity index (χ1) is 12.2. The van der Waals surface area contributed by atoms with Crippen LogP contribution in [0.4, 0.5) is 0 Å². The van der Waals surface area contributed by atoms with Gasteiger partial charge in [0, 0.05) is 32.2 Å². The van der Waals surface area contributed by atoms with Gasteiger partial charge in [-0.3, -0.25) is 9.69 Å². The fraction of sp³-hybridized carbons (Fsp3) is 0.474. The molecule has 0 atom stereocenters. The zero-order valence-electron chi connectivity index (χ0n) is 14.9. The molecule has 2 aromatic rings. The SMILES string of the molecule is CCc1cc(CN2CCCN(C(=O)c3ccccc3OC)CC2)on1. The van der Waals surface area contributed by atoms with Crippen molar-refractivity contribution in [3.8, 4) is 5.75 Å². The predicted octanol–water partition coefficient (Wildman–Crippen LogP) is 2.59. The number of methoxy groups -OCH3 is 1. The molecular weight excluding hydrogens is 318 g/mol. The average Bonchev–Trinajstić information content (AvgIpc) is 2.98. The minimum absolute atomic E-state index is 0.0345. The number of hydrogen-bond donors (Lipinski definition) is 0. The number of ether oxygens (including phenoxy) is 1. The Morgan fingerprint density at radius 3 is 2.84 bits per heavy atom. The van der Waals surface area contributed by atoms with Crippen molar-refractivity contribution < 1.29 is 14.1 Å². The van der Waals surface area contributed by atoms with Crippen LogP contribution in [0.3, 0.4) is 0 Å².